The first kappa shape index (κ1) is 15.5. The number of aromatic nitrogens is 2. The Kier molecular flexibility index (Phi) is 4.47. The van der Waals surface area contributed by atoms with Gasteiger partial charge in [-0.15, -0.1) is 0 Å². The zero-order valence-corrected chi connectivity index (χ0v) is 13.3. The molecule has 2 fully saturated rings. The van der Waals surface area contributed by atoms with Crippen LogP contribution in [0.3, 0.4) is 0 Å². The minimum atomic E-state index is 0.0142. The van der Waals surface area contributed by atoms with Crippen LogP contribution < -0.4 is 5.32 Å². The van der Waals surface area contributed by atoms with Crippen molar-refractivity contribution in [3.8, 4) is 0 Å². The number of amides is 1. The van der Waals surface area contributed by atoms with Crippen molar-refractivity contribution in [2.24, 2.45) is 17.8 Å². The van der Waals surface area contributed by atoms with E-state index in [0.29, 0.717) is 36.4 Å². The van der Waals surface area contributed by atoms with Crippen molar-refractivity contribution in [3.05, 3.63) is 11.7 Å². The van der Waals surface area contributed by atoms with Crippen LogP contribution in [0.15, 0.2) is 4.52 Å². The zero-order chi connectivity index (χ0) is 15.7. The van der Waals surface area contributed by atoms with Gasteiger partial charge in [0.15, 0.2) is 5.82 Å². The van der Waals surface area contributed by atoms with E-state index in [-0.39, 0.29) is 30.4 Å². The van der Waals surface area contributed by atoms with Crippen molar-refractivity contribution in [3.63, 3.8) is 0 Å². The summed E-state index contributed by atoms with van der Waals surface area (Å²) in [5.41, 5.74) is 0. The van der Waals surface area contributed by atoms with Crippen LogP contribution in [-0.4, -0.2) is 33.8 Å². The molecule has 1 aromatic rings. The van der Waals surface area contributed by atoms with Crippen molar-refractivity contribution < 1.29 is 14.4 Å². The second kappa shape index (κ2) is 6.36. The maximum atomic E-state index is 12.2. The average Bonchev–Trinajstić information content (AvgIpc) is 3.20. The molecule has 4 atom stereocenters. The predicted molar refractivity (Wildman–Crippen MR) is 80.0 cm³/mol. The van der Waals surface area contributed by atoms with E-state index in [1.54, 1.807) is 0 Å². The molecule has 22 heavy (non-hydrogen) atoms. The van der Waals surface area contributed by atoms with Crippen LogP contribution in [0.2, 0.25) is 0 Å². The summed E-state index contributed by atoms with van der Waals surface area (Å²) in [6.07, 6.45) is 4.34. The molecule has 4 unspecified atom stereocenters. The molecule has 6 heteroatoms. The lowest BCUT2D eigenvalue weighted by Gasteiger charge is -2.30. The molecule has 0 spiro atoms. The molecule has 0 saturated heterocycles. The monoisotopic (exact) mass is 307 g/mol. The van der Waals surface area contributed by atoms with Gasteiger partial charge in [0.1, 0.15) is 0 Å². The standard InChI is InChI=1S/C16H25N3O3/c1-9(2)16-18-14(22-19-16)6-5-13(21)17-15-11-4-3-10(7-11)12(15)8-20/h9-12,15,20H,3-8H2,1-2H3,(H,17,21). The fourth-order valence-electron chi connectivity index (χ4n) is 3.98. The summed E-state index contributed by atoms with van der Waals surface area (Å²) < 4.78 is 5.16. The largest absolute Gasteiger partial charge is 0.396 e. The molecule has 1 aromatic heterocycles. The minimum absolute atomic E-state index is 0.0142. The molecule has 3 rings (SSSR count). The molecule has 2 bridgehead atoms. The second-order valence-corrected chi connectivity index (χ2v) is 6.97. The summed E-state index contributed by atoms with van der Waals surface area (Å²) in [6, 6.07) is 0.144. The Morgan fingerprint density at radius 1 is 1.41 bits per heavy atom. The lowest BCUT2D eigenvalue weighted by atomic mass is 9.85. The highest BCUT2D eigenvalue weighted by atomic mass is 16.5. The summed E-state index contributed by atoms with van der Waals surface area (Å²) in [6.45, 7) is 4.19. The molecule has 1 heterocycles. The fourth-order valence-corrected chi connectivity index (χ4v) is 3.98. The highest BCUT2D eigenvalue weighted by Gasteiger charge is 2.47. The van der Waals surface area contributed by atoms with Crippen molar-refractivity contribution in [1.82, 2.24) is 15.5 Å². The number of aliphatic hydroxyl groups excluding tert-OH is 1. The topological polar surface area (TPSA) is 88.2 Å². The lowest BCUT2D eigenvalue weighted by molar-refractivity contribution is -0.122. The molecule has 6 nitrogen and oxygen atoms in total. The smallest absolute Gasteiger partial charge is 0.227 e. The first-order chi connectivity index (χ1) is 10.6. The number of aryl methyl sites for hydroxylation is 1. The summed E-state index contributed by atoms with van der Waals surface area (Å²) in [5.74, 6) is 2.81. The van der Waals surface area contributed by atoms with Gasteiger partial charge in [0, 0.05) is 37.3 Å². The van der Waals surface area contributed by atoms with Crippen LogP contribution in [0, 0.1) is 17.8 Å². The van der Waals surface area contributed by atoms with E-state index in [0.717, 1.165) is 6.42 Å². The van der Waals surface area contributed by atoms with Crippen LogP contribution in [0.1, 0.15) is 57.2 Å². The van der Waals surface area contributed by atoms with Crippen LogP contribution >= 0.6 is 0 Å². The molecular weight excluding hydrogens is 282 g/mol. The van der Waals surface area contributed by atoms with Crippen LogP contribution in [0.5, 0.6) is 0 Å². The fraction of sp³-hybridized carbons (Fsp3) is 0.812. The van der Waals surface area contributed by atoms with Gasteiger partial charge < -0.3 is 14.9 Å². The number of rotatable bonds is 6. The minimum Gasteiger partial charge on any atom is -0.396 e. The third-order valence-electron chi connectivity index (χ3n) is 5.19. The molecule has 122 valence electrons. The van der Waals surface area contributed by atoms with Crippen molar-refractivity contribution in [1.29, 1.82) is 0 Å². The van der Waals surface area contributed by atoms with Crippen LogP contribution in [0.4, 0.5) is 0 Å². The van der Waals surface area contributed by atoms with Gasteiger partial charge in [0.05, 0.1) is 0 Å². The normalized spacial score (nSPS) is 30.2. The Balaban J connectivity index is 1.50. The van der Waals surface area contributed by atoms with Gasteiger partial charge in [-0.25, -0.2) is 0 Å². The Labute approximate surface area is 130 Å². The lowest BCUT2D eigenvalue weighted by Crippen LogP contribution is -2.45. The average molecular weight is 307 g/mol. The van der Waals surface area contributed by atoms with Gasteiger partial charge in [-0.1, -0.05) is 19.0 Å². The first-order valence-corrected chi connectivity index (χ1v) is 8.31. The number of carbonyl (C=O) groups is 1. The van der Waals surface area contributed by atoms with Gasteiger partial charge in [-0.05, 0) is 31.1 Å². The van der Waals surface area contributed by atoms with E-state index in [1.807, 2.05) is 13.8 Å². The van der Waals surface area contributed by atoms with Gasteiger partial charge in [-0.3, -0.25) is 4.79 Å². The number of nitrogens with zero attached hydrogens (tertiary/aromatic N) is 2. The van der Waals surface area contributed by atoms with E-state index >= 15 is 0 Å². The van der Waals surface area contributed by atoms with E-state index in [1.165, 1.54) is 12.8 Å². The molecule has 2 aliphatic rings. The van der Waals surface area contributed by atoms with E-state index in [4.69, 9.17) is 4.52 Å². The molecular formula is C16H25N3O3. The number of carbonyl (C=O) groups excluding carboxylic acids is 1. The summed E-state index contributed by atoms with van der Waals surface area (Å²) in [4.78, 5) is 16.5. The number of aliphatic hydroxyl groups is 1. The van der Waals surface area contributed by atoms with Crippen molar-refractivity contribution in [2.75, 3.05) is 6.61 Å². The van der Waals surface area contributed by atoms with Crippen molar-refractivity contribution in [2.45, 2.75) is 57.9 Å². The summed E-state index contributed by atoms with van der Waals surface area (Å²) in [7, 11) is 0. The number of hydrogen-bond donors (Lipinski definition) is 2. The number of fused-ring (bicyclic) bond motifs is 2. The molecule has 0 radical (unpaired) electrons. The molecule has 1 amide bonds. The molecule has 2 N–H and O–H groups in total. The quantitative estimate of drug-likeness (QED) is 0.834. The Morgan fingerprint density at radius 3 is 2.86 bits per heavy atom. The van der Waals surface area contributed by atoms with Gasteiger partial charge in [-0.2, -0.15) is 4.98 Å². The summed E-state index contributed by atoms with van der Waals surface area (Å²) in [5, 5.41) is 16.6. The van der Waals surface area contributed by atoms with E-state index in [9.17, 15) is 9.90 Å². The Bertz CT molecular complexity index is 528. The molecule has 2 saturated carbocycles. The molecule has 2 aliphatic carbocycles. The number of hydrogen-bond acceptors (Lipinski definition) is 5. The molecule has 0 aromatic carbocycles. The maximum absolute atomic E-state index is 12.2. The third kappa shape index (κ3) is 3.02. The van der Waals surface area contributed by atoms with E-state index in [2.05, 4.69) is 15.5 Å². The SMILES string of the molecule is CC(C)c1noc(CCC(=O)NC2C3CCC(C3)C2CO)n1. The predicted octanol–water partition coefficient (Wildman–Crippen LogP) is 1.65. The van der Waals surface area contributed by atoms with Gasteiger partial charge in [0.2, 0.25) is 11.8 Å². The van der Waals surface area contributed by atoms with Crippen molar-refractivity contribution >= 4 is 5.91 Å². The highest BCUT2D eigenvalue weighted by Crippen LogP contribution is 2.48. The van der Waals surface area contributed by atoms with Gasteiger partial charge >= 0.3 is 0 Å². The maximum Gasteiger partial charge on any atom is 0.227 e. The Hall–Kier alpha value is -1.43. The Morgan fingerprint density at radius 2 is 2.18 bits per heavy atom. The van der Waals surface area contributed by atoms with Crippen LogP contribution in [0.25, 0.3) is 0 Å². The zero-order valence-electron chi connectivity index (χ0n) is 13.3. The number of nitrogens with one attached hydrogen (secondary N) is 1. The third-order valence-corrected chi connectivity index (χ3v) is 5.19. The molecule has 0 aliphatic heterocycles. The van der Waals surface area contributed by atoms with Crippen LogP contribution in [-0.2, 0) is 11.2 Å². The highest BCUT2D eigenvalue weighted by molar-refractivity contribution is 5.76. The summed E-state index contributed by atoms with van der Waals surface area (Å²) >= 11 is 0. The van der Waals surface area contributed by atoms with Gasteiger partial charge in [0.25, 0.3) is 0 Å². The second-order valence-electron chi connectivity index (χ2n) is 6.97. The van der Waals surface area contributed by atoms with E-state index < -0.39 is 0 Å². The first-order valence-electron chi connectivity index (χ1n) is 8.31.